The van der Waals surface area contributed by atoms with Gasteiger partial charge in [-0.2, -0.15) is 0 Å². The third-order valence-electron chi connectivity index (χ3n) is 3.58. The van der Waals surface area contributed by atoms with Crippen molar-refractivity contribution in [3.05, 3.63) is 35.4 Å². The van der Waals surface area contributed by atoms with Crippen molar-refractivity contribution in [2.75, 3.05) is 6.54 Å². The van der Waals surface area contributed by atoms with Crippen LogP contribution in [0.3, 0.4) is 0 Å². The van der Waals surface area contributed by atoms with Crippen molar-refractivity contribution in [3.8, 4) is 0 Å². The summed E-state index contributed by atoms with van der Waals surface area (Å²) in [6, 6.07) is 8.15. The monoisotopic (exact) mass is 261 g/mol. The van der Waals surface area contributed by atoms with Gasteiger partial charge in [0.2, 0.25) is 5.91 Å². The first-order chi connectivity index (χ1) is 8.97. The second-order valence-electron chi connectivity index (χ2n) is 5.41. The highest BCUT2D eigenvalue weighted by molar-refractivity contribution is 5.86. The first kappa shape index (κ1) is 13.6. The standard InChI is InChI=1S/C15H19NO3/c1-10(2)12-5-3-11(4-6-12)8-16-9-13(15(18)19)7-14(16)17/h3-6,10,13H,7-9H2,1-2H3,(H,18,19)/t13-/m1/s1. The first-order valence-electron chi connectivity index (χ1n) is 6.56. The van der Waals surface area contributed by atoms with Crippen LogP contribution in [-0.2, 0) is 16.1 Å². The molecule has 1 heterocycles. The molecule has 0 unspecified atom stereocenters. The Morgan fingerprint density at radius 2 is 2.00 bits per heavy atom. The molecule has 0 radical (unpaired) electrons. The molecule has 1 N–H and O–H groups in total. The van der Waals surface area contributed by atoms with Crippen LogP contribution in [0.25, 0.3) is 0 Å². The van der Waals surface area contributed by atoms with E-state index in [1.807, 2.05) is 12.1 Å². The molecule has 1 aromatic carbocycles. The molecule has 1 aromatic rings. The van der Waals surface area contributed by atoms with E-state index in [0.29, 0.717) is 19.0 Å². The molecule has 0 saturated carbocycles. The number of nitrogens with zero attached hydrogens (tertiary/aromatic N) is 1. The molecule has 1 aliphatic rings. The minimum atomic E-state index is -0.883. The molecule has 1 atom stereocenters. The SMILES string of the molecule is CC(C)c1ccc(CN2C[C@H](C(=O)O)CC2=O)cc1. The van der Waals surface area contributed by atoms with Gasteiger partial charge in [-0.05, 0) is 17.0 Å². The Balaban J connectivity index is 2.01. The predicted octanol–water partition coefficient (Wildman–Crippen LogP) is 2.24. The highest BCUT2D eigenvalue weighted by atomic mass is 16.4. The van der Waals surface area contributed by atoms with Crippen molar-refractivity contribution in [3.63, 3.8) is 0 Å². The van der Waals surface area contributed by atoms with Gasteiger partial charge < -0.3 is 10.0 Å². The second-order valence-corrected chi connectivity index (χ2v) is 5.41. The molecule has 0 bridgehead atoms. The number of likely N-dealkylation sites (tertiary alicyclic amines) is 1. The summed E-state index contributed by atoms with van der Waals surface area (Å²) in [4.78, 5) is 24.2. The minimum absolute atomic E-state index is 0.0691. The van der Waals surface area contributed by atoms with E-state index in [-0.39, 0.29) is 12.3 Å². The zero-order valence-corrected chi connectivity index (χ0v) is 11.3. The fraction of sp³-hybridized carbons (Fsp3) is 0.467. The summed E-state index contributed by atoms with van der Waals surface area (Å²) < 4.78 is 0. The third kappa shape index (κ3) is 3.13. The van der Waals surface area contributed by atoms with Crippen LogP contribution in [-0.4, -0.2) is 28.4 Å². The molecular formula is C15H19NO3. The molecule has 1 fully saturated rings. The fourth-order valence-electron chi connectivity index (χ4n) is 2.32. The van der Waals surface area contributed by atoms with Crippen LogP contribution >= 0.6 is 0 Å². The number of amides is 1. The van der Waals surface area contributed by atoms with Crippen LogP contribution in [0.5, 0.6) is 0 Å². The van der Waals surface area contributed by atoms with Gasteiger partial charge in [-0.15, -0.1) is 0 Å². The summed E-state index contributed by atoms with van der Waals surface area (Å²) in [6.07, 6.45) is 0.124. The van der Waals surface area contributed by atoms with Gasteiger partial charge in [0, 0.05) is 19.5 Å². The second kappa shape index (κ2) is 5.43. The lowest BCUT2D eigenvalue weighted by Crippen LogP contribution is -2.25. The number of hydrogen-bond acceptors (Lipinski definition) is 2. The average molecular weight is 261 g/mol. The van der Waals surface area contributed by atoms with Crippen molar-refractivity contribution in [1.29, 1.82) is 0 Å². The Morgan fingerprint density at radius 3 is 2.47 bits per heavy atom. The van der Waals surface area contributed by atoms with Crippen molar-refractivity contribution >= 4 is 11.9 Å². The van der Waals surface area contributed by atoms with Gasteiger partial charge in [0.15, 0.2) is 0 Å². The highest BCUT2D eigenvalue weighted by Gasteiger charge is 2.33. The Morgan fingerprint density at radius 1 is 1.37 bits per heavy atom. The van der Waals surface area contributed by atoms with Gasteiger partial charge in [0.05, 0.1) is 5.92 Å². The number of rotatable bonds is 4. The molecule has 1 amide bonds. The van der Waals surface area contributed by atoms with Crippen LogP contribution in [0.4, 0.5) is 0 Å². The first-order valence-corrected chi connectivity index (χ1v) is 6.56. The lowest BCUT2D eigenvalue weighted by Gasteiger charge is -2.16. The predicted molar refractivity (Wildman–Crippen MR) is 71.7 cm³/mol. The number of hydrogen-bond donors (Lipinski definition) is 1. The summed E-state index contributed by atoms with van der Waals surface area (Å²) >= 11 is 0. The number of aliphatic carboxylic acids is 1. The van der Waals surface area contributed by atoms with E-state index in [1.54, 1.807) is 4.90 Å². The van der Waals surface area contributed by atoms with Crippen LogP contribution in [0.1, 0.15) is 37.3 Å². The van der Waals surface area contributed by atoms with Gasteiger partial charge in [-0.1, -0.05) is 38.1 Å². The summed E-state index contributed by atoms with van der Waals surface area (Å²) in [7, 11) is 0. The Hall–Kier alpha value is -1.84. The molecule has 0 spiro atoms. The van der Waals surface area contributed by atoms with Crippen LogP contribution in [0, 0.1) is 5.92 Å². The van der Waals surface area contributed by atoms with Gasteiger partial charge in [-0.3, -0.25) is 9.59 Å². The number of carboxylic acid groups (broad SMARTS) is 1. The Kier molecular flexibility index (Phi) is 3.88. The lowest BCUT2D eigenvalue weighted by atomic mass is 10.0. The largest absolute Gasteiger partial charge is 0.481 e. The topological polar surface area (TPSA) is 57.6 Å². The van der Waals surface area contributed by atoms with E-state index in [0.717, 1.165) is 5.56 Å². The van der Waals surface area contributed by atoms with E-state index >= 15 is 0 Å². The quantitative estimate of drug-likeness (QED) is 0.904. The molecule has 4 nitrogen and oxygen atoms in total. The summed E-state index contributed by atoms with van der Waals surface area (Å²) in [5.74, 6) is -1.02. The normalized spacial score (nSPS) is 19.2. The van der Waals surface area contributed by atoms with Crippen molar-refractivity contribution < 1.29 is 14.7 Å². The van der Waals surface area contributed by atoms with E-state index in [4.69, 9.17) is 5.11 Å². The fourth-order valence-corrected chi connectivity index (χ4v) is 2.32. The maximum absolute atomic E-state index is 11.7. The van der Waals surface area contributed by atoms with Crippen molar-refractivity contribution in [1.82, 2.24) is 4.90 Å². The number of carboxylic acids is 1. The number of benzene rings is 1. The summed E-state index contributed by atoms with van der Waals surface area (Å²) in [5, 5.41) is 8.93. The van der Waals surface area contributed by atoms with E-state index in [1.165, 1.54) is 5.56 Å². The molecule has 102 valence electrons. The van der Waals surface area contributed by atoms with Crippen molar-refractivity contribution in [2.24, 2.45) is 5.92 Å². The number of carbonyl (C=O) groups excluding carboxylic acids is 1. The molecule has 1 saturated heterocycles. The van der Waals surface area contributed by atoms with E-state index in [9.17, 15) is 9.59 Å². The molecule has 2 rings (SSSR count). The molecule has 4 heteroatoms. The Bertz CT molecular complexity index is 479. The van der Waals surface area contributed by atoms with Crippen LogP contribution in [0.15, 0.2) is 24.3 Å². The molecule has 0 aliphatic carbocycles. The average Bonchev–Trinajstić information content (AvgIpc) is 2.72. The summed E-state index contributed by atoms with van der Waals surface area (Å²) in [5.41, 5.74) is 2.31. The minimum Gasteiger partial charge on any atom is -0.481 e. The maximum atomic E-state index is 11.7. The lowest BCUT2D eigenvalue weighted by molar-refractivity contribution is -0.141. The zero-order valence-electron chi connectivity index (χ0n) is 11.3. The third-order valence-corrected chi connectivity index (χ3v) is 3.58. The highest BCUT2D eigenvalue weighted by Crippen LogP contribution is 2.21. The van der Waals surface area contributed by atoms with Gasteiger partial charge in [0.25, 0.3) is 0 Å². The van der Waals surface area contributed by atoms with Crippen molar-refractivity contribution in [2.45, 2.75) is 32.7 Å². The molecule has 1 aliphatic heterocycles. The van der Waals surface area contributed by atoms with Crippen LogP contribution < -0.4 is 0 Å². The number of carbonyl (C=O) groups is 2. The van der Waals surface area contributed by atoms with E-state index in [2.05, 4.69) is 26.0 Å². The smallest absolute Gasteiger partial charge is 0.308 e. The molecule has 19 heavy (non-hydrogen) atoms. The van der Waals surface area contributed by atoms with Crippen LogP contribution in [0.2, 0.25) is 0 Å². The molecular weight excluding hydrogens is 242 g/mol. The molecule has 0 aromatic heterocycles. The van der Waals surface area contributed by atoms with E-state index < -0.39 is 11.9 Å². The van der Waals surface area contributed by atoms with Gasteiger partial charge in [-0.25, -0.2) is 0 Å². The van der Waals surface area contributed by atoms with Gasteiger partial charge >= 0.3 is 5.97 Å². The maximum Gasteiger partial charge on any atom is 0.308 e. The Labute approximate surface area is 113 Å². The summed E-state index contributed by atoms with van der Waals surface area (Å²) in [6.45, 7) is 5.09. The zero-order chi connectivity index (χ0) is 14.0. The van der Waals surface area contributed by atoms with Gasteiger partial charge in [0.1, 0.15) is 0 Å².